The van der Waals surface area contributed by atoms with Gasteiger partial charge in [0.05, 0.1) is 19.6 Å². The lowest BCUT2D eigenvalue weighted by molar-refractivity contribution is 0.354. The molecule has 0 aliphatic carbocycles. The molecule has 0 unspecified atom stereocenters. The van der Waals surface area contributed by atoms with Crippen LogP contribution in [0, 0.1) is 13.8 Å². The van der Waals surface area contributed by atoms with Gasteiger partial charge in [-0.25, -0.2) is 19.9 Å². The Morgan fingerprint density at radius 2 is 1.31 bits per heavy atom. The van der Waals surface area contributed by atoms with Crippen molar-refractivity contribution in [3.05, 3.63) is 99.9 Å². The van der Waals surface area contributed by atoms with E-state index >= 15 is 0 Å². The van der Waals surface area contributed by atoms with Crippen molar-refractivity contribution in [2.24, 2.45) is 0 Å². The number of pyridine rings is 2. The van der Waals surface area contributed by atoms with E-state index in [9.17, 15) is 0 Å². The topological polar surface area (TPSA) is 108 Å². The fourth-order valence-electron chi connectivity index (χ4n) is 4.61. The highest BCUT2D eigenvalue weighted by Crippen LogP contribution is 2.33. The second-order valence-corrected chi connectivity index (χ2v) is 12.7. The fraction of sp³-hybridized carbons (Fsp3) is 0.152. The zero-order valence-corrected chi connectivity index (χ0v) is 27.3. The molecule has 0 radical (unpaired) electrons. The van der Waals surface area contributed by atoms with E-state index < -0.39 is 0 Å². The molecule has 7 rings (SSSR count). The first kappa shape index (κ1) is 30.3. The van der Waals surface area contributed by atoms with Gasteiger partial charge in [0.2, 0.25) is 0 Å². The molecule has 12 heteroatoms. The van der Waals surface area contributed by atoms with Gasteiger partial charge in [0.1, 0.15) is 20.6 Å². The Balaban J connectivity index is 0.000000179. The van der Waals surface area contributed by atoms with Crippen molar-refractivity contribution in [1.82, 2.24) is 29.9 Å². The Morgan fingerprint density at radius 3 is 1.91 bits per heavy atom. The summed E-state index contributed by atoms with van der Waals surface area (Å²) in [5.74, 6) is 3.51. The number of hydrogen-bond acceptors (Lipinski definition) is 11. The quantitative estimate of drug-likeness (QED) is 0.170. The second kappa shape index (κ2) is 13.5. The number of thiophene rings is 2. The van der Waals surface area contributed by atoms with Crippen LogP contribution in [0.3, 0.4) is 0 Å². The molecular formula is C33H28ClN7O2S2. The lowest BCUT2D eigenvalue weighted by Crippen LogP contribution is -2.04. The van der Waals surface area contributed by atoms with Gasteiger partial charge in [-0.3, -0.25) is 9.97 Å². The third-order valence-corrected chi connectivity index (χ3v) is 8.91. The molecule has 0 fully saturated rings. The lowest BCUT2D eigenvalue weighted by Gasteiger charge is -2.12. The molecule has 0 saturated heterocycles. The summed E-state index contributed by atoms with van der Waals surface area (Å²) in [6.45, 7) is 4.72. The first-order valence-electron chi connectivity index (χ1n) is 13.9. The zero-order valence-electron chi connectivity index (χ0n) is 24.9. The molecule has 0 atom stereocenters. The van der Waals surface area contributed by atoms with Gasteiger partial charge in [-0.1, -0.05) is 17.7 Å². The van der Waals surface area contributed by atoms with E-state index in [0.717, 1.165) is 42.9 Å². The molecule has 0 amide bonds. The maximum atomic E-state index is 6.16. The van der Waals surface area contributed by atoms with E-state index in [1.807, 2.05) is 55.5 Å². The molecule has 0 spiro atoms. The van der Waals surface area contributed by atoms with Crippen LogP contribution in [0.4, 0.5) is 5.82 Å². The van der Waals surface area contributed by atoms with Gasteiger partial charge in [0.25, 0.3) is 0 Å². The maximum Gasteiger partial charge on any atom is 0.164 e. The summed E-state index contributed by atoms with van der Waals surface area (Å²) in [7, 11) is 3.27. The zero-order chi connectivity index (χ0) is 31.3. The number of methoxy groups -OCH3 is 2. The van der Waals surface area contributed by atoms with E-state index in [0.29, 0.717) is 34.8 Å². The number of rotatable bonds is 7. The van der Waals surface area contributed by atoms with Gasteiger partial charge in [-0.2, -0.15) is 0 Å². The molecule has 6 aromatic heterocycles. The molecule has 226 valence electrons. The molecule has 1 aromatic carbocycles. The standard InChI is InChI=1S/C21H20N4O2S.C12H8ClN3S/c1-13-9-16-20(23-11-14-6-7-17(26-2)18(10-14)27-3)24-19(25-21(16)28-13)15-5-4-8-22-12-15;1-7-5-9-10(13)15-11(16-12(9)17-7)8-3-2-4-14-6-8/h4-10,12H,11H2,1-3H3,(H,23,24,25);2-6H,1H3. The Labute approximate surface area is 273 Å². The number of aromatic nitrogens is 6. The average molecular weight is 654 g/mol. The molecular weight excluding hydrogens is 626 g/mol. The SMILES string of the molecule is COc1ccc(CNc2nc(-c3cccnc3)nc3sc(C)cc23)cc1OC.Cc1cc2c(Cl)nc(-c3cccnc3)nc2s1. The smallest absolute Gasteiger partial charge is 0.164 e. The summed E-state index contributed by atoms with van der Waals surface area (Å²) >= 11 is 9.44. The van der Waals surface area contributed by atoms with Crippen LogP contribution in [0.5, 0.6) is 11.5 Å². The van der Waals surface area contributed by atoms with E-state index in [1.54, 1.807) is 61.7 Å². The van der Waals surface area contributed by atoms with Gasteiger partial charge in [-0.05, 0) is 67.9 Å². The minimum atomic E-state index is 0.498. The molecule has 45 heavy (non-hydrogen) atoms. The number of anilines is 1. The van der Waals surface area contributed by atoms with E-state index in [1.165, 1.54) is 9.75 Å². The molecule has 0 bridgehead atoms. The molecule has 7 aromatic rings. The van der Waals surface area contributed by atoms with Crippen LogP contribution in [-0.2, 0) is 6.54 Å². The summed E-state index contributed by atoms with van der Waals surface area (Å²) in [5.41, 5.74) is 2.84. The first-order valence-corrected chi connectivity index (χ1v) is 15.9. The van der Waals surface area contributed by atoms with E-state index in [4.69, 9.17) is 31.0 Å². The van der Waals surface area contributed by atoms with Crippen molar-refractivity contribution in [2.75, 3.05) is 19.5 Å². The number of halogens is 1. The Morgan fingerprint density at radius 1 is 0.711 bits per heavy atom. The van der Waals surface area contributed by atoms with Crippen LogP contribution < -0.4 is 14.8 Å². The summed E-state index contributed by atoms with van der Waals surface area (Å²) in [6, 6.07) is 17.6. The number of ether oxygens (including phenoxy) is 2. The Hall–Kier alpha value is -4.71. The van der Waals surface area contributed by atoms with Crippen molar-refractivity contribution >= 4 is 60.5 Å². The monoisotopic (exact) mass is 653 g/mol. The van der Waals surface area contributed by atoms with Crippen LogP contribution in [-0.4, -0.2) is 44.1 Å². The lowest BCUT2D eigenvalue weighted by atomic mass is 10.2. The van der Waals surface area contributed by atoms with Crippen molar-refractivity contribution in [3.8, 4) is 34.3 Å². The minimum absolute atomic E-state index is 0.498. The molecule has 1 N–H and O–H groups in total. The normalized spacial score (nSPS) is 10.9. The van der Waals surface area contributed by atoms with Gasteiger partial charge in [0, 0.05) is 57.6 Å². The summed E-state index contributed by atoms with van der Waals surface area (Å²) < 4.78 is 10.7. The second-order valence-electron chi connectivity index (χ2n) is 9.91. The van der Waals surface area contributed by atoms with Crippen LogP contribution in [0.15, 0.2) is 79.4 Å². The number of nitrogens with one attached hydrogen (secondary N) is 1. The minimum Gasteiger partial charge on any atom is -0.493 e. The summed E-state index contributed by atoms with van der Waals surface area (Å²) in [6.07, 6.45) is 6.98. The number of hydrogen-bond donors (Lipinski definition) is 1. The fourth-order valence-corrected chi connectivity index (χ4v) is 6.65. The van der Waals surface area contributed by atoms with E-state index in [-0.39, 0.29) is 0 Å². The van der Waals surface area contributed by atoms with Gasteiger partial charge < -0.3 is 14.8 Å². The first-order chi connectivity index (χ1) is 21.9. The molecule has 9 nitrogen and oxygen atoms in total. The number of benzene rings is 1. The summed E-state index contributed by atoms with van der Waals surface area (Å²) in [4.78, 5) is 30.8. The highest BCUT2D eigenvalue weighted by Gasteiger charge is 2.13. The Kier molecular flexibility index (Phi) is 9.11. The number of fused-ring (bicyclic) bond motifs is 2. The van der Waals surface area contributed by atoms with Crippen LogP contribution in [0.2, 0.25) is 5.15 Å². The largest absolute Gasteiger partial charge is 0.493 e. The molecule has 0 aliphatic rings. The van der Waals surface area contributed by atoms with Crippen molar-refractivity contribution < 1.29 is 9.47 Å². The van der Waals surface area contributed by atoms with Gasteiger partial charge >= 0.3 is 0 Å². The molecule has 0 aliphatic heterocycles. The highest BCUT2D eigenvalue weighted by atomic mass is 35.5. The summed E-state index contributed by atoms with van der Waals surface area (Å²) in [5, 5.41) is 5.90. The Bertz CT molecular complexity index is 2090. The highest BCUT2D eigenvalue weighted by molar-refractivity contribution is 7.19. The average Bonchev–Trinajstić information content (AvgIpc) is 3.65. The third-order valence-electron chi connectivity index (χ3n) is 6.73. The molecule has 6 heterocycles. The number of nitrogens with zero attached hydrogens (tertiary/aromatic N) is 6. The maximum absolute atomic E-state index is 6.16. The van der Waals surface area contributed by atoms with Crippen LogP contribution in [0.25, 0.3) is 43.2 Å². The predicted octanol–water partition coefficient (Wildman–Crippen LogP) is 8.41. The predicted molar refractivity (Wildman–Crippen MR) is 183 cm³/mol. The van der Waals surface area contributed by atoms with Gasteiger partial charge in [-0.15, -0.1) is 22.7 Å². The van der Waals surface area contributed by atoms with Crippen molar-refractivity contribution in [2.45, 2.75) is 20.4 Å². The van der Waals surface area contributed by atoms with Crippen molar-refractivity contribution in [3.63, 3.8) is 0 Å². The number of aryl methyl sites for hydroxylation is 2. The van der Waals surface area contributed by atoms with Crippen LogP contribution >= 0.6 is 34.3 Å². The van der Waals surface area contributed by atoms with Crippen molar-refractivity contribution in [1.29, 1.82) is 0 Å². The third kappa shape index (κ3) is 6.85. The van der Waals surface area contributed by atoms with Gasteiger partial charge in [0.15, 0.2) is 23.1 Å². The van der Waals surface area contributed by atoms with Crippen LogP contribution in [0.1, 0.15) is 15.3 Å². The molecule has 0 saturated carbocycles. The van der Waals surface area contributed by atoms with E-state index in [2.05, 4.69) is 38.2 Å².